The summed E-state index contributed by atoms with van der Waals surface area (Å²) in [5.41, 5.74) is 5.60. The molecule has 144 valence electrons. The van der Waals surface area contributed by atoms with Crippen molar-refractivity contribution in [1.29, 1.82) is 0 Å². The molecule has 1 fully saturated rings. The van der Waals surface area contributed by atoms with E-state index in [0.29, 0.717) is 27.0 Å². The zero-order chi connectivity index (χ0) is 19.8. The number of hydroxylamine groups is 1. The molecule has 0 aromatic heterocycles. The quantitative estimate of drug-likeness (QED) is 0.727. The van der Waals surface area contributed by atoms with E-state index in [-0.39, 0.29) is 5.57 Å². The molecule has 0 unspecified atom stereocenters. The normalized spacial score (nSPS) is 18.7. The fraction of sp³-hybridized carbons (Fsp3) is 0.238. The van der Waals surface area contributed by atoms with E-state index in [1.54, 1.807) is 30.3 Å². The predicted octanol–water partition coefficient (Wildman–Crippen LogP) is 4.52. The van der Waals surface area contributed by atoms with Gasteiger partial charge in [0.2, 0.25) is 0 Å². The van der Waals surface area contributed by atoms with Gasteiger partial charge in [-0.15, -0.1) is 0 Å². The number of hydrogen-bond acceptors (Lipinski definition) is 4. The van der Waals surface area contributed by atoms with Gasteiger partial charge in [-0.05, 0) is 48.7 Å². The van der Waals surface area contributed by atoms with Crippen molar-refractivity contribution in [3.05, 3.63) is 69.2 Å². The van der Waals surface area contributed by atoms with Crippen molar-refractivity contribution in [1.82, 2.24) is 5.48 Å². The summed E-state index contributed by atoms with van der Waals surface area (Å²) in [5.74, 6) is -0.837. The molecule has 2 aliphatic heterocycles. The summed E-state index contributed by atoms with van der Waals surface area (Å²) >= 11 is 12.2. The number of imide groups is 1. The third kappa shape index (κ3) is 3.20. The molecule has 2 heterocycles. The van der Waals surface area contributed by atoms with Crippen LogP contribution in [-0.2, 0) is 20.8 Å². The molecule has 0 spiro atoms. The van der Waals surface area contributed by atoms with Gasteiger partial charge in [-0.2, -0.15) is 0 Å². The van der Waals surface area contributed by atoms with Gasteiger partial charge in [0.15, 0.2) is 6.10 Å². The number of halogens is 2. The van der Waals surface area contributed by atoms with Gasteiger partial charge in [0.25, 0.3) is 11.8 Å². The van der Waals surface area contributed by atoms with Crippen molar-refractivity contribution >= 4 is 46.4 Å². The highest BCUT2D eigenvalue weighted by molar-refractivity contribution is 6.37. The zero-order valence-corrected chi connectivity index (χ0v) is 16.7. The number of aryl methyl sites for hydroxylation is 1. The second-order valence-corrected chi connectivity index (χ2v) is 7.61. The van der Waals surface area contributed by atoms with Gasteiger partial charge in [-0.3, -0.25) is 19.9 Å². The smallest absolute Gasteiger partial charge is 0.270 e. The van der Waals surface area contributed by atoms with Gasteiger partial charge in [0.05, 0.1) is 22.0 Å². The highest BCUT2D eigenvalue weighted by Crippen LogP contribution is 2.38. The molecule has 7 heteroatoms. The highest BCUT2D eigenvalue weighted by atomic mass is 35.5. The van der Waals surface area contributed by atoms with Crippen molar-refractivity contribution in [3.8, 4) is 0 Å². The Kier molecular flexibility index (Phi) is 5.15. The Morgan fingerprint density at radius 3 is 2.54 bits per heavy atom. The molecule has 2 amide bonds. The summed E-state index contributed by atoms with van der Waals surface area (Å²) < 4.78 is 0. The van der Waals surface area contributed by atoms with Gasteiger partial charge in [0, 0.05) is 10.6 Å². The number of nitrogens with zero attached hydrogens (tertiary/aromatic N) is 1. The van der Waals surface area contributed by atoms with Crippen molar-refractivity contribution in [2.24, 2.45) is 0 Å². The first-order valence-corrected chi connectivity index (χ1v) is 9.85. The molecule has 2 aliphatic rings. The van der Waals surface area contributed by atoms with Crippen molar-refractivity contribution < 1.29 is 14.4 Å². The number of unbranched alkanes of at least 4 members (excludes halogenated alkanes) is 1. The van der Waals surface area contributed by atoms with Crippen LogP contribution in [0.4, 0.5) is 5.69 Å². The maximum atomic E-state index is 13.1. The number of rotatable bonds is 5. The first kappa shape index (κ1) is 19.0. The molecule has 28 heavy (non-hydrogen) atoms. The topological polar surface area (TPSA) is 58.6 Å². The molecular weight excluding hydrogens is 399 g/mol. The Labute approximate surface area is 172 Å². The fourth-order valence-electron chi connectivity index (χ4n) is 3.42. The number of carbonyl (C=O) groups excluding carboxylic acids is 2. The van der Waals surface area contributed by atoms with Crippen LogP contribution in [0.25, 0.3) is 5.70 Å². The van der Waals surface area contributed by atoms with E-state index >= 15 is 0 Å². The van der Waals surface area contributed by atoms with Crippen LogP contribution in [0.2, 0.25) is 10.0 Å². The van der Waals surface area contributed by atoms with Crippen LogP contribution in [0.1, 0.15) is 30.9 Å². The number of amides is 2. The van der Waals surface area contributed by atoms with E-state index in [1.807, 2.05) is 12.1 Å². The lowest BCUT2D eigenvalue weighted by molar-refractivity contribution is -0.127. The maximum Gasteiger partial charge on any atom is 0.270 e. The first-order chi connectivity index (χ1) is 13.5. The minimum Gasteiger partial charge on any atom is -0.270 e. The summed E-state index contributed by atoms with van der Waals surface area (Å²) in [6.07, 6.45) is 2.19. The lowest BCUT2D eigenvalue weighted by atomic mass is 10.0. The molecule has 2 aromatic carbocycles. The van der Waals surface area contributed by atoms with E-state index in [1.165, 1.54) is 5.56 Å². The third-order valence-electron chi connectivity index (χ3n) is 4.90. The number of anilines is 1. The van der Waals surface area contributed by atoms with Crippen LogP contribution in [0, 0.1) is 0 Å². The zero-order valence-electron chi connectivity index (χ0n) is 15.2. The second-order valence-electron chi connectivity index (χ2n) is 6.76. The number of fused-ring (bicyclic) bond motifs is 1. The molecule has 5 nitrogen and oxygen atoms in total. The molecule has 4 rings (SSSR count). The van der Waals surface area contributed by atoms with E-state index in [2.05, 4.69) is 12.4 Å². The van der Waals surface area contributed by atoms with Gasteiger partial charge < -0.3 is 0 Å². The molecule has 2 aromatic rings. The van der Waals surface area contributed by atoms with E-state index < -0.39 is 17.9 Å². The Bertz CT molecular complexity index is 986. The molecular formula is C21H18Cl2N2O3. The Balaban J connectivity index is 1.68. The summed E-state index contributed by atoms with van der Waals surface area (Å²) in [6.45, 7) is 2.14. The third-order valence-corrected chi connectivity index (χ3v) is 5.45. The largest absolute Gasteiger partial charge is 0.270 e. The van der Waals surface area contributed by atoms with Crippen LogP contribution < -0.4 is 10.4 Å². The van der Waals surface area contributed by atoms with Crippen LogP contribution in [0.3, 0.4) is 0 Å². The standard InChI is InChI=1S/C21H18Cl2N2O3/c1-2-3-4-12-5-8-14(9-6-12)25-20(26)17-18(24-28-19(17)21(25)27)15-10-7-13(22)11-16(15)23/h5-11,19,24H,2-4H2,1H3/t19-/m1/s1. The van der Waals surface area contributed by atoms with Crippen LogP contribution >= 0.6 is 23.2 Å². The van der Waals surface area contributed by atoms with Gasteiger partial charge >= 0.3 is 0 Å². The Morgan fingerprint density at radius 1 is 1.11 bits per heavy atom. The number of hydrogen-bond donors (Lipinski definition) is 1. The monoisotopic (exact) mass is 416 g/mol. The highest BCUT2D eigenvalue weighted by Gasteiger charge is 2.50. The maximum absolute atomic E-state index is 13.1. The summed E-state index contributed by atoms with van der Waals surface area (Å²) in [7, 11) is 0. The van der Waals surface area contributed by atoms with Crippen molar-refractivity contribution in [2.45, 2.75) is 32.3 Å². The Hall–Kier alpha value is -2.34. The minimum absolute atomic E-state index is 0.254. The van der Waals surface area contributed by atoms with Crippen molar-refractivity contribution in [2.75, 3.05) is 4.90 Å². The van der Waals surface area contributed by atoms with Gasteiger partial charge in [-0.25, -0.2) is 4.90 Å². The summed E-state index contributed by atoms with van der Waals surface area (Å²) in [5, 5.41) is 0.846. The number of carbonyl (C=O) groups is 2. The molecule has 0 saturated carbocycles. The average molecular weight is 417 g/mol. The first-order valence-electron chi connectivity index (χ1n) is 9.09. The van der Waals surface area contributed by atoms with E-state index in [9.17, 15) is 9.59 Å². The lowest BCUT2D eigenvalue weighted by Gasteiger charge is -2.16. The summed E-state index contributed by atoms with van der Waals surface area (Å²) in [6, 6.07) is 12.4. The van der Waals surface area contributed by atoms with Gasteiger partial charge in [0.1, 0.15) is 0 Å². The average Bonchev–Trinajstić information content (AvgIpc) is 3.21. The minimum atomic E-state index is -0.992. The lowest BCUT2D eigenvalue weighted by Crippen LogP contribution is -2.34. The Morgan fingerprint density at radius 2 is 1.86 bits per heavy atom. The molecule has 0 radical (unpaired) electrons. The molecule has 1 N–H and O–H groups in total. The van der Waals surface area contributed by atoms with Crippen LogP contribution in [0.5, 0.6) is 0 Å². The second kappa shape index (κ2) is 7.59. The van der Waals surface area contributed by atoms with Crippen LogP contribution in [-0.4, -0.2) is 17.9 Å². The molecule has 0 bridgehead atoms. The number of nitrogens with one attached hydrogen (secondary N) is 1. The van der Waals surface area contributed by atoms with Gasteiger partial charge in [-0.1, -0.05) is 48.7 Å². The van der Waals surface area contributed by atoms with E-state index in [0.717, 1.165) is 24.2 Å². The van der Waals surface area contributed by atoms with Crippen molar-refractivity contribution in [3.63, 3.8) is 0 Å². The summed E-state index contributed by atoms with van der Waals surface area (Å²) in [4.78, 5) is 32.5. The van der Waals surface area contributed by atoms with Crippen LogP contribution in [0.15, 0.2) is 48.0 Å². The molecule has 1 saturated heterocycles. The fourth-order valence-corrected chi connectivity index (χ4v) is 3.93. The SMILES string of the molecule is CCCCc1ccc(N2C(=O)C3=C(c4ccc(Cl)cc4Cl)NO[C@H]3C2=O)cc1. The predicted molar refractivity (Wildman–Crippen MR) is 109 cm³/mol. The number of benzene rings is 2. The molecule has 1 atom stereocenters. The van der Waals surface area contributed by atoms with E-state index in [4.69, 9.17) is 28.0 Å². The molecule has 0 aliphatic carbocycles.